The van der Waals surface area contributed by atoms with Crippen molar-refractivity contribution in [2.45, 2.75) is 44.9 Å². The van der Waals surface area contributed by atoms with Gasteiger partial charge >= 0.3 is 0 Å². The molecule has 0 atom stereocenters. The molecule has 3 rings (SSSR count). The van der Waals surface area contributed by atoms with E-state index in [0.717, 1.165) is 31.2 Å². The van der Waals surface area contributed by atoms with E-state index < -0.39 is 0 Å². The summed E-state index contributed by atoms with van der Waals surface area (Å²) in [6.45, 7) is 4.04. The van der Waals surface area contributed by atoms with Gasteiger partial charge in [0.2, 0.25) is 5.91 Å². The van der Waals surface area contributed by atoms with Gasteiger partial charge in [-0.25, -0.2) is 0 Å². The van der Waals surface area contributed by atoms with E-state index in [9.17, 15) is 4.79 Å². The molecule has 21 heavy (non-hydrogen) atoms. The number of hydrogen-bond donors (Lipinski definition) is 1. The van der Waals surface area contributed by atoms with Crippen LogP contribution in [-0.2, 0) is 20.8 Å². The fourth-order valence-electron chi connectivity index (χ4n) is 3.14. The Labute approximate surface area is 125 Å². The zero-order chi connectivity index (χ0) is 14.7. The zero-order valence-corrected chi connectivity index (χ0v) is 12.6. The Bertz CT molecular complexity index is 481. The van der Waals surface area contributed by atoms with Gasteiger partial charge in [0.05, 0.1) is 13.2 Å². The first-order valence-electron chi connectivity index (χ1n) is 7.78. The van der Waals surface area contributed by atoms with Crippen molar-refractivity contribution in [3.8, 4) is 0 Å². The molecule has 1 aliphatic carbocycles. The average Bonchev–Trinajstić information content (AvgIpc) is 2.95. The van der Waals surface area contributed by atoms with Crippen LogP contribution in [0.3, 0.4) is 0 Å². The molecule has 2 fully saturated rings. The fraction of sp³-hybridized carbons (Fsp3) is 0.588. The van der Waals surface area contributed by atoms with Crippen LogP contribution in [0.2, 0.25) is 0 Å². The maximum Gasteiger partial charge on any atom is 0.223 e. The minimum Gasteiger partial charge on any atom is -0.352 e. The zero-order valence-electron chi connectivity index (χ0n) is 12.6. The third-order valence-corrected chi connectivity index (χ3v) is 4.52. The predicted octanol–water partition coefficient (Wildman–Crippen LogP) is 2.54. The van der Waals surface area contributed by atoms with Gasteiger partial charge in [-0.3, -0.25) is 4.79 Å². The Morgan fingerprint density at radius 2 is 1.81 bits per heavy atom. The van der Waals surface area contributed by atoms with E-state index in [1.807, 2.05) is 0 Å². The lowest BCUT2D eigenvalue weighted by atomic mass is 9.84. The van der Waals surface area contributed by atoms with Crippen molar-refractivity contribution < 1.29 is 14.3 Å². The molecule has 0 radical (unpaired) electrons. The highest BCUT2D eigenvalue weighted by Gasteiger charge is 2.41. The quantitative estimate of drug-likeness (QED) is 0.930. The van der Waals surface area contributed by atoms with Crippen LogP contribution in [0, 0.1) is 12.8 Å². The Kier molecular flexibility index (Phi) is 4.27. The summed E-state index contributed by atoms with van der Waals surface area (Å²) in [6.07, 6.45) is 3.35. The van der Waals surface area contributed by atoms with Gasteiger partial charge < -0.3 is 14.8 Å². The second kappa shape index (κ2) is 6.16. The molecule has 114 valence electrons. The Balaban J connectivity index is 1.47. The molecule has 4 heteroatoms. The first kappa shape index (κ1) is 14.5. The van der Waals surface area contributed by atoms with Gasteiger partial charge in [0.1, 0.15) is 0 Å². The average molecular weight is 289 g/mol. The maximum atomic E-state index is 12.2. The molecule has 1 N–H and O–H groups in total. The number of amides is 1. The summed E-state index contributed by atoms with van der Waals surface area (Å²) in [6, 6.07) is 8.26. The van der Waals surface area contributed by atoms with Crippen molar-refractivity contribution in [2.24, 2.45) is 5.92 Å². The molecule has 1 aromatic carbocycles. The van der Waals surface area contributed by atoms with Crippen molar-refractivity contribution in [1.29, 1.82) is 0 Å². The summed E-state index contributed by atoms with van der Waals surface area (Å²) in [7, 11) is 0. The highest BCUT2D eigenvalue weighted by Crippen LogP contribution is 2.38. The standard InChI is InChI=1S/C17H23NO3/c1-13-2-4-14(5-3-13)12-18-16(19)15-6-8-17(9-7-15)20-10-11-21-17/h2-5,15H,6-12H2,1H3,(H,18,19). The number of carbonyl (C=O) groups excluding carboxylic acids is 1. The molecule has 1 saturated carbocycles. The Hall–Kier alpha value is -1.39. The topological polar surface area (TPSA) is 47.6 Å². The number of ether oxygens (including phenoxy) is 2. The number of aryl methyl sites for hydroxylation is 1. The summed E-state index contributed by atoms with van der Waals surface area (Å²) in [4.78, 5) is 12.2. The van der Waals surface area contributed by atoms with Crippen LogP contribution < -0.4 is 5.32 Å². The molecule has 0 bridgehead atoms. The monoisotopic (exact) mass is 289 g/mol. The summed E-state index contributed by atoms with van der Waals surface area (Å²) < 4.78 is 11.4. The van der Waals surface area contributed by atoms with Crippen molar-refractivity contribution in [3.63, 3.8) is 0 Å². The lowest BCUT2D eigenvalue weighted by Crippen LogP contribution is -2.40. The summed E-state index contributed by atoms with van der Waals surface area (Å²) >= 11 is 0. The van der Waals surface area contributed by atoms with E-state index in [-0.39, 0.29) is 17.6 Å². The largest absolute Gasteiger partial charge is 0.352 e. The number of benzene rings is 1. The second-order valence-electron chi connectivity index (χ2n) is 6.09. The lowest BCUT2D eigenvalue weighted by molar-refractivity contribution is -0.183. The van der Waals surface area contributed by atoms with Crippen LogP contribution in [0.4, 0.5) is 0 Å². The molecule has 1 heterocycles. The van der Waals surface area contributed by atoms with Crippen LogP contribution in [0.15, 0.2) is 24.3 Å². The number of rotatable bonds is 3. The van der Waals surface area contributed by atoms with Gasteiger partial charge in [0.25, 0.3) is 0 Å². The van der Waals surface area contributed by atoms with Crippen LogP contribution >= 0.6 is 0 Å². The number of carbonyl (C=O) groups is 1. The van der Waals surface area contributed by atoms with Crippen LogP contribution in [-0.4, -0.2) is 24.9 Å². The molecule has 0 unspecified atom stereocenters. The highest BCUT2D eigenvalue weighted by atomic mass is 16.7. The highest BCUT2D eigenvalue weighted by molar-refractivity contribution is 5.78. The van der Waals surface area contributed by atoms with Crippen LogP contribution in [0.1, 0.15) is 36.8 Å². The minimum absolute atomic E-state index is 0.0915. The first-order chi connectivity index (χ1) is 10.2. The van der Waals surface area contributed by atoms with Gasteiger partial charge in [-0.2, -0.15) is 0 Å². The van der Waals surface area contributed by atoms with Crippen molar-refractivity contribution in [1.82, 2.24) is 5.32 Å². The van der Waals surface area contributed by atoms with Crippen molar-refractivity contribution >= 4 is 5.91 Å². The van der Waals surface area contributed by atoms with E-state index in [0.29, 0.717) is 19.8 Å². The molecular formula is C17H23NO3. The van der Waals surface area contributed by atoms with Gasteiger partial charge in [-0.05, 0) is 25.3 Å². The third-order valence-electron chi connectivity index (χ3n) is 4.52. The van der Waals surface area contributed by atoms with Crippen molar-refractivity contribution in [2.75, 3.05) is 13.2 Å². The van der Waals surface area contributed by atoms with E-state index in [1.165, 1.54) is 5.56 Å². The predicted molar refractivity (Wildman–Crippen MR) is 79.6 cm³/mol. The van der Waals surface area contributed by atoms with E-state index in [1.54, 1.807) is 0 Å². The SMILES string of the molecule is Cc1ccc(CNC(=O)C2CCC3(CC2)OCCO3)cc1. The minimum atomic E-state index is -0.381. The molecule has 1 saturated heterocycles. The Morgan fingerprint density at radius 3 is 2.43 bits per heavy atom. The summed E-state index contributed by atoms with van der Waals surface area (Å²) in [5, 5.41) is 3.05. The molecule has 2 aliphatic rings. The van der Waals surface area contributed by atoms with Gasteiger partial charge in [0, 0.05) is 25.3 Å². The smallest absolute Gasteiger partial charge is 0.223 e. The normalized spacial score (nSPS) is 21.6. The second-order valence-corrected chi connectivity index (χ2v) is 6.09. The van der Waals surface area contributed by atoms with Gasteiger partial charge in [-0.15, -0.1) is 0 Å². The molecule has 1 amide bonds. The summed E-state index contributed by atoms with van der Waals surface area (Å²) in [5.74, 6) is -0.134. The third kappa shape index (κ3) is 3.44. The van der Waals surface area contributed by atoms with Gasteiger partial charge in [0.15, 0.2) is 5.79 Å². The van der Waals surface area contributed by atoms with Crippen LogP contribution in [0.25, 0.3) is 0 Å². The molecule has 4 nitrogen and oxygen atoms in total. The number of nitrogens with one attached hydrogen (secondary N) is 1. The number of hydrogen-bond acceptors (Lipinski definition) is 3. The van der Waals surface area contributed by atoms with E-state index in [4.69, 9.17) is 9.47 Å². The lowest BCUT2D eigenvalue weighted by Gasteiger charge is -2.34. The molecule has 1 aliphatic heterocycles. The van der Waals surface area contributed by atoms with Gasteiger partial charge in [-0.1, -0.05) is 29.8 Å². The molecule has 1 aromatic rings. The van der Waals surface area contributed by atoms with Crippen LogP contribution in [0.5, 0.6) is 0 Å². The fourth-order valence-corrected chi connectivity index (χ4v) is 3.14. The maximum absolute atomic E-state index is 12.2. The first-order valence-corrected chi connectivity index (χ1v) is 7.78. The Morgan fingerprint density at radius 1 is 1.19 bits per heavy atom. The molecule has 1 spiro atoms. The molecule has 0 aromatic heterocycles. The van der Waals surface area contributed by atoms with E-state index in [2.05, 4.69) is 36.5 Å². The van der Waals surface area contributed by atoms with E-state index >= 15 is 0 Å². The molecular weight excluding hydrogens is 266 g/mol. The summed E-state index contributed by atoms with van der Waals surface area (Å²) in [5.41, 5.74) is 2.38. The van der Waals surface area contributed by atoms with Crippen molar-refractivity contribution in [3.05, 3.63) is 35.4 Å².